The fourth-order valence-corrected chi connectivity index (χ4v) is 3.25. The number of aryl methyl sites for hydroxylation is 3. The molecule has 3 heterocycles. The third-order valence-electron chi connectivity index (χ3n) is 5.22. The van der Waals surface area contributed by atoms with Crippen molar-refractivity contribution in [3.05, 3.63) is 76.8 Å². The molecule has 10 heteroatoms. The molecule has 0 atom stereocenters. The Hall–Kier alpha value is -4.18. The van der Waals surface area contributed by atoms with Gasteiger partial charge in [0.2, 0.25) is 5.89 Å². The highest BCUT2D eigenvalue weighted by atomic mass is 16.5. The van der Waals surface area contributed by atoms with Gasteiger partial charge in [0.15, 0.2) is 5.76 Å². The smallest absolute Gasteiger partial charge is 0.291 e. The first kappa shape index (κ1) is 23.0. The first-order chi connectivity index (χ1) is 16.3. The molecule has 0 aliphatic rings. The molecule has 10 nitrogen and oxygen atoms in total. The summed E-state index contributed by atoms with van der Waals surface area (Å²) in [6, 6.07) is 12.1. The SMILES string of the molecule is COCc1ccc(C(=O)Nc2ccc(-c3nc(CNC(=O)c4cc(C)n(C)n4)c(C)o3)cc2)o1. The van der Waals surface area contributed by atoms with Gasteiger partial charge in [-0.1, -0.05) is 0 Å². The largest absolute Gasteiger partial charge is 0.453 e. The molecule has 0 aliphatic carbocycles. The molecule has 3 aromatic heterocycles. The van der Waals surface area contributed by atoms with Gasteiger partial charge in [0, 0.05) is 31.1 Å². The standard InChI is InChI=1S/C24H25N5O5/c1-14-11-19(28-29(14)3)22(30)25-12-20-15(2)33-24(27-20)16-5-7-17(8-6-16)26-23(31)21-10-9-18(34-21)13-32-4/h5-11H,12-13H2,1-4H3,(H,25,30)(H,26,31). The summed E-state index contributed by atoms with van der Waals surface area (Å²) in [5.74, 6) is 1.16. The number of carbonyl (C=O) groups is 2. The van der Waals surface area contributed by atoms with Crippen LogP contribution in [0.3, 0.4) is 0 Å². The second kappa shape index (κ2) is 9.75. The van der Waals surface area contributed by atoms with Gasteiger partial charge in [0.25, 0.3) is 11.8 Å². The topological polar surface area (TPSA) is 124 Å². The molecule has 2 N–H and O–H groups in total. The van der Waals surface area contributed by atoms with Crippen molar-refractivity contribution in [2.24, 2.45) is 7.05 Å². The first-order valence-electron chi connectivity index (χ1n) is 10.6. The van der Waals surface area contributed by atoms with Gasteiger partial charge >= 0.3 is 0 Å². The van der Waals surface area contributed by atoms with E-state index in [4.69, 9.17) is 13.6 Å². The highest BCUT2D eigenvalue weighted by Gasteiger charge is 2.16. The Morgan fingerprint density at radius 1 is 1.06 bits per heavy atom. The van der Waals surface area contributed by atoms with Crippen molar-refractivity contribution in [1.29, 1.82) is 0 Å². The number of furan rings is 1. The van der Waals surface area contributed by atoms with Gasteiger partial charge in [-0.05, 0) is 56.3 Å². The lowest BCUT2D eigenvalue weighted by Gasteiger charge is -2.04. The molecule has 0 saturated heterocycles. The Labute approximate surface area is 195 Å². The second-order valence-corrected chi connectivity index (χ2v) is 7.73. The van der Waals surface area contributed by atoms with Crippen LogP contribution in [0.1, 0.15) is 44.0 Å². The number of benzene rings is 1. The van der Waals surface area contributed by atoms with E-state index in [0.29, 0.717) is 41.1 Å². The van der Waals surface area contributed by atoms with Gasteiger partial charge in [-0.3, -0.25) is 14.3 Å². The van der Waals surface area contributed by atoms with Crippen molar-refractivity contribution in [3.63, 3.8) is 0 Å². The van der Waals surface area contributed by atoms with Crippen LogP contribution in [0, 0.1) is 13.8 Å². The average Bonchev–Trinajstić information content (AvgIpc) is 3.52. The molecule has 0 saturated carbocycles. The van der Waals surface area contributed by atoms with E-state index in [9.17, 15) is 9.59 Å². The molecule has 0 unspecified atom stereocenters. The van der Waals surface area contributed by atoms with E-state index in [1.165, 1.54) is 0 Å². The number of ether oxygens (including phenoxy) is 1. The molecule has 34 heavy (non-hydrogen) atoms. The molecule has 176 valence electrons. The Bertz CT molecular complexity index is 1300. The quantitative estimate of drug-likeness (QED) is 0.409. The Kier molecular flexibility index (Phi) is 6.60. The lowest BCUT2D eigenvalue weighted by atomic mass is 10.2. The van der Waals surface area contributed by atoms with Gasteiger partial charge in [-0.25, -0.2) is 4.98 Å². The van der Waals surface area contributed by atoms with Gasteiger partial charge in [-0.2, -0.15) is 5.10 Å². The van der Waals surface area contributed by atoms with Crippen LogP contribution in [-0.4, -0.2) is 33.7 Å². The summed E-state index contributed by atoms with van der Waals surface area (Å²) >= 11 is 0. The number of aromatic nitrogens is 3. The van der Waals surface area contributed by atoms with E-state index < -0.39 is 0 Å². The van der Waals surface area contributed by atoms with E-state index in [1.807, 2.05) is 6.92 Å². The first-order valence-corrected chi connectivity index (χ1v) is 10.6. The molecule has 0 aliphatic heterocycles. The zero-order valence-corrected chi connectivity index (χ0v) is 19.3. The summed E-state index contributed by atoms with van der Waals surface area (Å²) in [7, 11) is 3.34. The summed E-state index contributed by atoms with van der Waals surface area (Å²) in [5.41, 5.74) is 3.20. The van der Waals surface area contributed by atoms with E-state index in [1.54, 1.807) is 68.2 Å². The maximum atomic E-state index is 12.4. The molecular formula is C24H25N5O5. The van der Waals surface area contributed by atoms with Crippen molar-refractivity contribution < 1.29 is 23.2 Å². The van der Waals surface area contributed by atoms with Crippen molar-refractivity contribution >= 4 is 17.5 Å². The molecule has 0 bridgehead atoms. The zero-order valence-electron chi connectivity index (χ0n) is 19.3. The second-order valence-electron chi connectivity index (χ2n) is 7.73. The van der Waals surface area contributed by atoms with Crippen LogP contribution in [0.2, 0.25) is 0 Å². The number of nitrogens with zero attached hydrogens (tertiary/aromatic N) is 3. The summed E-state index contributed by atoms with van der Waals surface area (Å²) < 4.78 is 17.9. The van der Waals surface area contributed by atoms with Gasteiger partial charge in [0.05, 0.1) is 6.54 Å². The summed E-state index contributed by atoms with van der Waals surface area (Å²) in [6.07, 6.45) is 0. The van der Waals surface area contributed by atoms with Crippen LogP contribution in [0.4, 0.5) is 5.69 Å². The molecule has 0 radical (unpaired) electrons. The predicted octanol–water partition coefficient (Wildman–Crippen LogP) is 3.61. The third kappa shape index (κ3) is 5.07. The zero-order chi connectivity index (χ0) is 24.2. The van der Waals surface area contributed by atoms with Crippen molar-refractivity contribution in [2.45, 2.75) is 27.0 Å². The lowest BCUT2D eigenvalue weighted by Crippen LogP contribution is -2.23. The minimum Gasteiger partial charge on any atom is -0.453 e. The monoisotopic (exact) mass is 463 g/mol. The van der Waals surface area contributed by atoms with Gasteiger partial charge < -0.3 is 24.2 Å². The van der Waals surface area contributed by atoms with E-state index in [-0.39, 0.29) is 24.1 Å². The fourth-order valence-electron chi connectivity index (χ4n) is 3.25. The normalized spacial score (nSPS) is 10.9. The Morgan fingerprint density at radius 2 is 1.82 bits per heavy atom. The predicted molar refractivity (Wildman–Crippen MR) is 123 cm³/mol. The molecule has 2 amide bonds. The Morgan fingerprint density at radius 3 is 2.50 bits per heavy atom. The number of oxazole rings is 1. The van der Waals surface area contributed by atoms with Crippen LogP contribution in [0.15, 0.2) is 51.3 Å². The minimum absolute atomic E-state index is 0.201. The number of amides is 2. The van der Waals surface area contributed by atoms with Crippen molar-refractivity contribution in [3.8, 4) is 11.5 Å². The average molecular weight is 463 g/mol. The number of carbonyl (C=O) groups excluding carboxylic acids is 2. The third-order valence-corrected chi connectivity index (χ3v) is 5.22. The fraction of sp³-hybridized carbons (Fsp3) is 0.250. The van der Waals surface area contributed by atoms with Crippen LogP contribution in [-0.2, 0) is 24.9 Å². The van der Waals surface area contributed by atoms with Crippen LogP contribution < -0.4 is 10.6 Å². The molecular weight excluding hydrogens is 438 g/mol. The maximum Gasteiger partial charge on any atom is 0.291 e. The number of anilines is 1. The van der Waals surface area contributed by atoms with Crippen LogP contribution in [0.25, 0.3) is 11.5 Å². The van der Waals surface area contributed by atoms with E-state index in [0.717, 1.165) is 11.3 Å². The van der Waals surface area contributed by atoms with Gasteiger partial charge in [0.1, 0.15) is 29.5 Å². The van der Waals surface area contributed by atoms with Gasteiger partial charge in [-0.15, -0.1) is 0 Å². The molecule has 4 rings (SSSR count). The van der Waals surface area contributed by atoms with E-state index in [2.05, 4.69) is 20.7 Å². The number of nitrogens with one attached hydrogen (secondary N) is 2. The summed E-state index contributed by atoms with van der Waals surface area (Å²) in [5, 5.41) is 9.77. The minimum atomic E-state index is -0.358. The van der Waals surface area contributed by atoms with Crippen molar-refractivity contribution in [1.82, 2.24) is 20.1 Å². The molecule has 0 spiro atoms. The lowest BCUT2D eigenvalue weighted by molar-refractivity contribution is 0.0943. The number of rotatable bonds is 8. The summed E-state index contributed by atoms with van der Waals surface area (Å²) in [6.45, 7) is 4.18. The number of hydrogen-bond donors (Lipinski definition) is 2. The molecule has 4 aromatic rings. The van der Waals surface area contributed by atoms with E-state index >= 15 is 0 Å². The number of methoxy groups -OCH3 is 1. The Balaban J connectivity index is 1.38. The molecule has 0 fully saturated rings. The van der Waals surface area contributed by atoms with Crippen molar-refractivity contribution in [2.75, 3.05) is 12.4 Å². The van der Waals surface area contributed by atoms with Crippen LogP contribution in [0.5, 0.6) is 0 Å². The maximum absolute atomic E-state index is 12.4. The van der Waals surface area contributed by atoms with Crippen LogP contribution >= 0.6 is 0 Å². The highest BCUT2D eigenvalue weighted by molar-refractivity contribution is 6.02. The summed E-state index contributed by atoms with van der Waals surface area (Å²) in [4.78, 5) is 29.2. The number of hydrogen-bond acceptors (Lipinski definition) is 7. The highest BCUT2D eigenvalue weighted by Crippen LogP contribution is 2.24. The molecule has 1 aromatic carbocycles.